The lowest BCUT2D eigenvalue weighted by atomic mass is 10.1. The minimum atomic E-state index is -0.0180. The molecule has 0 bridgehead atoms. The maximum absolute atomic E-state index is 13.2. The molecule has 1 aliphatic rings. The number of hydrogen-bond acceptors (Lipinski definition) is 4. The average Bonchev–Trinajstić information content (AvgIpc) is 3.03. The second-order valence-electron chi connectivity index (χ2n) is 7.31. The van der Waals surface area contributed by atoms with Gasteiger partial charge >= 0.3 is 0 Å². The number of benzene rings is 1. The predicted octanol–water partition coefficient (Wildman–Crippen LogP) is 4.64. The third kappa shape index (κ3) is 4.34. The molecule has 3 heterocycles. The highest BCUT2D eigenvalue weighted by Gasteiger charge is 2.28. The van der Waals surface area contributed by atoms with E-state index in [1.165, 1.54) is 0 Å². The monoisotopic (exact) mass is 434 g/mol. The predicted molar refractivity (Wildman–Crippen MR) is 119 cm³/mol. The Hall–Kier alpha value is -2.28. The molecule has 8 heteroatoms. The van der Waals surface area contributed by atoms with Crippen molar-refractivity contribution in [2.45, 2.75) is 26.1 Å². The SMILES string of the molecule is CC1CN(C(=O)c2cnc(Nc3cccc(Cl)c3)c3ccn(C)c23)CC(C)O1.Cl. The molecule has 0 radical (unpaired) electrons. The number of fused-ring (bicyclic) bond motifs is 1. The number of aromatic nitrogens is 2. The first kappa shape index (κ1) is 21.4. The zero-order valence-corrected chi connectivity index (χ0v) is 18.1. The summed E-state index contributed by atoms with van der Waals surface area (Å²) < 4.78 is 7.72. The number of nitrogens with one attached hydrogen (secondary N) is 1. The van der Waals surface area contributed by atoms with Gasteiger partial charge in [0.1, 0.15) is 5.82 Å². The van der Waals surface area contributed by atoms with Crippen LogP contribution in [0.25, 0.3) is 10.9 Å². The average molecular weight is 435 g/mol. The number of morpholine rings is 1. The number of amides is 1. The molecule has 2 unspecified atom stereocenters. The molecule has 1 aromatic carbocycles. The molecular formula is C21H24Cl2N4O2. The van der Waals surface area contributed by atoms with Gasteiger partial charge in [0.15, 0.2) is 0 Å². The van der Waals surface area contributed by atoms with Gasteiger partial charge < -0.3 is 19.5 Å². The highest BCUT2D eigenvalue weighted by Crippen LogP contribution is 2.29. The van der Waals surface area contributed by atoms with Crippen LogP contribution >= 0.6 is 24.0 Å². The number of ether oxygens (including phenoxy) is 1. The van der Waals surface area contributed by atoms with Gasteiger partial charge in [-0.15, -0.1) is 12.4 Å². The van der Waals surface area contributed by atoms with Crippen LogP contribution in [0.2, 0.25) is 5.02 Å². The first-order chi connectivity index (χ1) is 13.4. The van der Waals surface area contributed by atoms with Crippen LogP contribution in [0.5, 0.6) is 0 Å². The number of carbonyl (C=O) groups is 1. The van der Waals surface area contributed by atoms with E-state index in [1.807, 2.05) is 66.9 Å². The van der Waals surface area contributed by atoms with Gasteiger partial charge in [-0.1, -0.05) is 17.7 Å². The number of aryl methyl sites for hydroxylation is 1. The Balaban J connectivity index is 0.00000240. The second kappa shape index (κ2) is 8.61. The van der Waals surface area contributed by atoms with Crippen molar-refractivity contribution in [3.8, 4) is 0 Å². The van der Waals surface area contributed by atoms with Gasteiger partial charge in [0.05, 0.1) is 23.3 Å². The van der Waals surface area contributed by atoms with Gasteiger partial charge in [0, 0.05) is 48.6 Å². The quantitative estimate of drug-likeness (QED) is 0.651. The Bertz CT molecular complexity index is 1030. The molecule has 6 nitrogen and oxygen atoms in total. The minimum Gasteiger partial charge on any atom is -0.372 e. The summed E-state index contributed by atoms with van der Waals surface area (Å²) in [6, 6.07) is 9.44. The Labute approximate surface area is 181 Å². The molecule has 2 atom stereocenters. The van der Waals surface area contributed by atoms with E-state index in [-0.39, 0.29) is 30.5 Å². The van der Waals surface area contributed by atoms with E-state index in [2.05, 4.69) is 10.3 Å². The van der Waals surface area contributed by atoms with Crippen LogP contribution in [-0.4, -0.2) is 45.7 Å². The normalized spacial score (nSPS) is 19.1. The van der Waals surface area contributed by atoms with Crippen molar-refractivity contribution >= 4 is 52.3 Å². The lowest BCUT2D eigenvalue weighted by Gasteiger charge is -2.35. The summed E-state index contributed by atoms with van der Waals surface area (Å²) in [6.45, 7) is 5.14. The summed E-state index contributed by atoms with van der Waals surface area (Å²) in [4.78, 5) is 19.7. The molecule has 29 heavy (non-hydrogen) atoms. The van der Waals surface area contributed by atoms with Crippen molar-refractivity contribution < 1.29 is 9.53 Å². The largest absolute Gasteiger partial charge is 0.372 e. The Kier molecular flexibility index (Phi) is 6.36. The number of pyridine rings is 1. The summed E-state index contributed by atoms with van der Waals surface area (Å²) in [5, 5.41) is 4.85. The molecular weight excluding hydrogens is 411 g/mol. The van der Waals surface area contributed by atoms with Crippen LogP contribution in [-0.2, 0) is 11.8 Å². The third-order valence-electron chi connectivity index (χ3n) is 4.93. The molecule has 1 N–H and O–H groups in total. The van der Waals surface area contributed by atoms with Crippen molar-refractivity contribution in [2.24, 2.45) is 7.05 Å². The molecule has 2 aromatic heterocycles. The Morgan fingerprint density at radius 3 is 2.66 bits per heavy atom. The maximum atomic E-state index is 13.2. The van der Waals surface area contributed by atoms with Gasteiger partial charge in [0.2, 0.25) is 0 Å². The zero-order valence-electron chi connectivity index (χ0n) is 16.6. The van der Waals surface area contributed by atoms with Crippen molar-refractivity contribution in [2.75, 3.05) is 18.4 Å². The topological polar surface area (TPSA) is 59.4 Å². The molecule has 1 aliphatic heterocycles. The molecule has 3 aromatic rings. The van der Waals surface area contributed by atoms with Gasteiger partial charge in [-0.3, -0.25) is 4.79 Å². The molecule has 0 aliphatic carbocycles. The summed E-state index contributed by atoms with van der Waals surface area (Å²) in [5.74, 6) is 0.675. The van der Waals surface area contributed by atoms with E-state index < -0.39 is 0 Å². The summed E-state index contributed by atoms with van der Waals surface area (Å²) >= 11 is 6.08. The van der Waals surface area contributed by atoms with Crippen LogP contribution in [0.4, 0.5) is 11.5 Å². The first-order valence-electron chi connectivity index (χ1n) is 9.33. The number of halogens is 2. The van der Waals surface area contributed by atoms with Crippen molar-refractivity contribution in [1.29, 1.82) is 0 Å². The van der Waals surface area contributed by atoms with E-state index in [9.17, 15) is 4.79 Å². The summed E-state index contributed by atoms with van der Waals surface area (Å²) in [6.07, 6.45) is 3.64. The van der Waals surface area contributed by atoms with E-state index in [1.54, 1.807) is 6.20 Å². The summed E-state index contributed by atoms with van der Waals surface area (Å²) in [7, 11) is 1.94. The van der Waals surface area contributed by atoms with Gasteiger partial charge in [-0.25, -0.2) is 4.98 Å². The fourth-order valence-electron chi connectivity index (χ4n) is 3.79. The fraction of sp³-hybridized carbons (Fsp3) is 0.333. The molecule has 0 saturated carbocycles. The van der Waals surface area contributed by atoms with E-state index >= 15 is 0 Å². The number of hydrogen-bond donors (Lipinski definition) is 1. The number of rotatable bonds is 3. The van der Waals surface area contributed by atoms with Crippen molar-refractivity contribution in [3.05, 3.63) is 53.3 Å². The Morgan fingerprint density at radius 2 is 1.97 bits per heavy atom. The highest BCUT2D eigenvalue weighted by molar-refractivity contribution is 6.30. The number of carbonyl (C=O) groups excluding carboxylic acids is 1. The smallest absolute Gasteiger partial charge is 0.257 e. The molecule has 1 amide bonds. The molecule has 4 rings (SSSR count). The van der Waals surface area contributed by atoms with Crippen LogP contribution in [0.3, 0.4) is 0 Å². The van der Waals surface area contributed by atoms with E-state index in [0.717, 1.165) is 16.6 Å². The molecule has 154 valence electrons. The standard InChI is InChI=1S/C21H23ClN4O2.ClH/c1-13-11-26(12-14(2)28-13)21(27)18-10-23-20(17-7-8-25(3)19(17)18)24-16-6-4-5-15(22)9-16;/h4-10,13-14H,11-12H2,1-3H3,(H,23,24);1H. The van der Waals surface area contributed by atoms with Crippen LogP contribution in [0, 0.1) is 0 Å². The second-order valence-corrected chi connectivity index (χ2v) is 7.75. The van der Waals surface area contributed by atoms with Crippen LogP contribution < -0.4 is 5.32 Å². The maximum Gasteiger partial charge on any atom is 0.257 e. The third-order valence-corrected chi connectivity index (χ3v) is 5.17. The van der Waals surface area contributed by atoms with E-state index in [0.29, 0.717) is 29.5 Å². The van der Waals surface area contributed by atoms with Gasteiger partial charge in [-0.2, -0.15) is 0 Å². The highest BCUT2D eigenvalue weighted by atomic mass is 35.5. The molecule has 0 spiro atoms. The van der Waals surface area contributed by atoms with Crippen LogP contribution in [0.15, 0.2) is 42.7 Å². The number of nitrogens with zero attached hydrogens (tertiary/aromatic N) is 3. The molecule has 1 saturated heterocycles. The van der Waals surface area contributed by atoms with Gasteiger partial charge in [-0.05, 0) is 38.1 Å². The first-order valence-corrected chi connectivity index (χ1v) is 9.71. The van der Waals surface area contributed by atoms with Crippen molar-refractivity contribution in [3.63, 3.8) is 0 Å². The molecule has 1 fully saturated rings. The number of anilines is 2. The van der Waals surface area contributed by atoms with E-state index in [4.69, 9.17) is 16.3 Å². The summed E-state index contributed by atoms with van der Waals surface area (Å²) in [5.41, 5.74) is 2.30. The Morgan fingerprint density at radius 1 is 1.24 bits per heavy atom. The van der Waals surface area contributed by atoms with Crippen LogP contribution in [0.1, 0.15) is 24.2 Å². The van der Waals surface area contributed by atoms with Gasteiger partial charge in [0.25, 0.3) is 5.91 Å². The fourth-order valence-corrected chi connectivity index (χ4v) is 3.98. The van der Waals surface area contributed by atoms with Crippen molar-refractivity contribution in [1.82, 2.24) is 14.5 Å². The lowest BCUT2D eigenvalue weighted by Crippen LogP contribution is -2.48. The lowest BCUT2D eigenvalue weighted by molar-refractivity contribution is -0.0585. The zero-order chi connectivity index (χ0) is 19.8. The minimum absolute atomic E-state index is 0.